The molecule has 0 N–H and O–H groups in total. The normalized spacial score (nSPS) is 11.6. The highest BCUT2D eigenvalue weighted by Gasteiger charge is 2.16. The van der Waals surface area contributed by atoms with E-state index in [1.807, 2.05) is 24.3 Å². The van der Waals surface area contributed by atoms with Gasteiger partial charge in [-0.15, -0.1) is 10.2 Å². The number of nitrogens with zero attached hydrogens (tertiary/aromatic N) is 2. The molecule has 1 heterocycles. The predicted octanol–water partition coefficient (Wildman–Crippen LogP) is 6.32. The van der Waals surface area contributed by atoms with Crippen LogP contribution in [-0.4, -0.2) is 21.7 Å². The Morgan fingerprint density at radius 3 is 2.41 bits per heavy atom. The highest BCUT2D eigenvalue weighted by atomic mass is 35.5. The number of carbonyl (C=O) groups excluding carboxylic acids is 1. The van der Waals surface area contributed by atoms with Crippen molar-refractivity contribution in [3.05, 3.63) is 63.6 Å². The minimum absolute atomic E-state index is 0.00438. The topological polar surface area (TPSA) is 56.0 Å². The highest BCUT2D eigenvalue weighted by molar-refractivity contribution is 7.99. The second-order valence-corrected chi connectivity index (χ2v) is 8.81. The van der Waals surface area contributed by atoms with Gasteiger partial charge < -0.3 is 4.42 Å². The number of carbonyl (C=O) groups is 1. The summed E-state index contributed by atoms with van der Waals surface area (Å²) in [6.07, 6.45) is 0. The number of Topliss-reactive ketones (excluding diaryl/α,β-unsaturated/α-hetero) is 1. The molecule has 7 heteroatoms. The van der Waals surface area contributed by atoms with Crippen molar-refractivity contribution >= 4 is 40.7 Å². The first-order valence-electron chi connectivity index (χ1n) is 8.29. The van der Waals surface area contributed by atoms with Crippen LogP contribution in [0.25, 0.3) is 11.5 Å². The lowest BCUT2D eigenvalue weighted by Crippen LogP contribution is -2.11. The number of aromatic nitrogens is 2. The quantitative estimate of drug-likeness (QED) is 0.357. The number of ketones is 1. The third-order valence-corrected chi connectivity index (χ3v) is 5.33. The number of benzene rings is 2. The van der Waals surface area contributed by atoms with E-state index in [2.05, 4.69) is 31.0 Å². The first kappa shape index (κ1) is 19.9. The number of halogens is 2. The Hall–Kier alpha value is -1.82. The second kappa shape index (κ2) is 8.05. The fraction of sp³-hybridized carbons (Fsp3) is 0.250. The summed E-state index contributed by atoms with van der Waals surface area (Å²) in [4.78, 5) is 12.4. The molecule has 0 unspecified atom stereocenters. The van der Waals surface area contributed by atoms with Crippen LogP contribution in [0.15, 0.2) is 52.1 Å². The number of rotatable bonds is 5. The molecule has 0 saturated carbocycles. The lowest BCUT2D eigenvalue weighted by Gasteiger charge is -2.18. The van der Waals surface area contributed by atoms with E-state index in [-0.39, 0.29) is 17.0 Å². The van der Waals surface area contributed by atoms with Gasteiger partial charge in [0.15, 0.2) is 5.78 Å². The molecule has 2 aromatic carbocycles. The number of thioether (sulfide) groups is 1. The molecule has 1 aromatic heterocycles. The minimum atomic E-state index is 0.00438. The van der Waals surface area contributed by atoms with E-state index >= 15 is 0 Å². The van der Waals surface area contributed by atoms with Gasteiger partial charge in [0.05, 0.1) is 16.3 Å². The van der Waals surface area contributed by atoms with Crippen molar-refractivity contribution in [3.63, 3.8) is 0 Å². The maximum absolute atomic E-state index is 12.4. The van der Waals surface area contributed by atoms with E-state index in [0.717, 1.165) is 0 Å². The van der Waals surface area contributed by atoms with Gasteiger partial charge in [-0.3, -0.25) is 4.79 Å². The van der Waals surface area contributed by atoms with Crippen LogP contribution in [0, 0.1) is 0 Å². The maximum Gasteiger partial charge on any atom is 0.277 e. The zero-order chi connectivity index (χ0) is 19.6. The zero-order valence-electron chi connectivity index (χ0n) is 15.1. The van der Waals surface area contributed by atoms with Crippen LogP contribution in [0.4, 0.5) is 0 Å². The second-order valence-electron chi connectivity index (χ2n) is 7.04. The third kappa shape index (κ3) is 4.92. The van der Waals surface area contributed by atoms with Crippen molar-refractivity contribution < 1.29 is 9.21 Å². The van der Waals surface area contributed by atoms with Gasteiger partial charge in [0.25, 0.3) is 5.22 Å². The predicted molar refractivity (Wildman–Crippen MR) is 110 cm³/mol. The van der Waals surface area contributed by atoms with E-state index < -0.39 is 0 Å². The largest absolute Gasteiger partial charge is 0.411 e. The molecule has 140 valence electrons. The molecule has 0 fully saturated rings. The fourth-order valence-corrected chi connectivity index (χ4v) is 3.55. The Balaban J connectivity index is 1.65. The smallest absolute Gasteiger partial charge is 0.277 e. The molecule has 3 rings (SSSR count). The molecular formula is C20H18Cl2N2O2S. The van der Waals surface area contributed by atoms with Crippen molar-refractivity contribution in [2.24, 2.45) is 0 Å². The van der Waals surface area contributed by atoms with Crippen LogP contribution in [0.5, 0.6) is 0 Å². The van der Waals surface area contributed by atoms with Crippen LogP contribution >= 0.6 is 35.0 Å². The highest BCUT2D eigenvalue weighted by Crippen LogP contribution is 2.31. The summed E-state index contributed by atoms with van der Waals surface area (Å²) < 4.78 is 5.60. The summed E-state index contributed by atoms with van der Waals surface area (Å²) in [5.74, 6) is 0.510. The van der Waals surface area contributed by atoms with Gasteiger partial charge >= 0.3 is 0 Å². The maximum atomic E-state index is 12.4. The Labute approximate surface area is 172 Å². The zero-order valence-corrected chi connectivity index (χ0v) is 17.5. The minimum Gasteiger partial charge on any atom is -0.411 e. The van der Waals surface area contributed by atoms with E-state index in [4.69, 9.17) is 27.6 Å². The first-order chi connectivity index (χ1) is 12.7. The van der Waals surface area contributed by atoms with Crippen LogP contribution < -0.4 is 0 Å². The molecule has 0 saturated heterocycles. The Kier molecular flexibility index (Phi) is 5.94. The molecular weight excluding hydrogens is 403 g/mol. The van der Waals surface area contributed by atoms with Gasteiger partial charge in [0.2, 0.25) is 5.89 Å². The van der Waals surface area contributed by atoms with Gasteiger partial charge in [-0.1, -0.05) is 80.0 Å². The number of hydrogen-bond acceptors (Lipinski definition) is 5. The van der Waals surface area contributed by atoms with Crippen molar-refractivity contribution in [1.29, 1.82) is 0 Å². The average Bonchev–Trinajstić information content (AvgIpc) is 3.07. The Morgan fingerprint density at radius 2 is 1.78 bits per heavy atom. The van der Waals surface area contributed by atoms with Gasteiger partial charge in [-0.2, -0.15) is 0 Å². The van der Waals surface area contributed by atoms with Crippen molar-refractivity contribution in [1.82, 2.24) is 10.2 Å². The third-order valence-electron chi connectivity index (χ3n) is 3.97. The molecule has 0 amide bonds. The van der Waals surface area contributed by atoms with Crippen LogP contribution in [0.2, 0.25) is 10.0 Å². The van der Waals surface area contributed by atoms with Gasteiger partial charge in [0, 0.05) is 10.6 Å². The first-order valence-corrected chi connectivity index (χ1v) is 10.0. The van der Waals surface area contributed by atoms with Crippen LogP contribution in [0.3, 0.4) is 0 Å². The molecule has 4 nitrogen and oxygen atoms in total. The molecule has 0 radical (unpaired) electrons. The molecule has 0 aliphatic heterocycles. The monoisotopic (exact) mass is 420 g/mol. The molecule has 0 aliphatic rings. The summed E-state index contributed by atoms with van der Waals surface area (Å²) in [6.45, 7) is 6.42. The van der Waals surface area contributed by atoms with E-state index in [1.54, 1.807) is 18.2 Å². The lowest BCUT2D eigenvalue weighted by atomic mass is 9.86. The Bertz CT molecular complexity index is 963. The summed E-state index contributed by atoms with van der Waals surface area (Å²) in [7, 11) is 0. The Morgan fingerprint density at radius 1 is 1.07 bits per heavy atom. The van der Waals surface area contributed by atoms with Crippen molar-refractivity contribution in [3.8, 4) is 11.5 Å². The van der Waals surface area contributed by atoms with Gasteiger partial charge in [-0.25, -0.2) is 0 Å². The molecule has 0 spiro atoms. The fourth-order valence-electron chi connectivity index (χ4n) is 2.41. The molecule has 3 aromatic rings. The number of hydrogen-bond donors (Lipinski definition) is 0. The summed E-state index contributed by atoms with van der Waals surface area (Å²) >= 11 is 13.2. The van der Waals surface area contributed by atoms with E-state index in [1.165, 1.54) is 17.3 Å². The molecule has 0 atom stereocenters. The molecule has 27 heavy (non-hydrogen) atoms. The van der Waals surface area contributed by atoms with E-state index in [9.17, 15) is 4.79 Å². The summed E-state index contributed by atoms with van der Waals surface area (Å²) in [5.41, 5.74) is 2.51. The van der Waals surface area contributed by atoms with Crippen molar-refractivity contribution in [2.45, 2.75) is 31.4 Å². The molecule has 0 aliphatic carbocycles. The SMILES string of the molecule is CC(C)(C)c1ccc(C(=O)CSc2nnc(-c3ccc(Cl)cc3Cl)o2)cc1. The van der Waals surface area contributed by atoms with Gasteiger partial charge in [0.1, 0.15) is 0 Å². The lowest BCUT2D eigenvalue weighted by molar-refractivity contribution is 0.102. The van der Waals surface area contributed by atoms with E-state index in [0.29, 0.717) is 32.3 Å². The molecule has 0 bridgehead atoms. The van der Waals surface area contributed by atoms with Crippen molar-refractivity contribution in [2.75, 3.05) is 5.75 Å². The standard InChI is InChI=1S/C20H18Cl2N2O2S/c1-20(2,3)13-6-4-12(5-7-13)17(25)11-27-19-24-23-18(26-19)15-9-8-14(21)10-16(15)22/h4-10H,11H2,1-3H3. The summed E-state index contributed by atoms with van der Waals surface area (Å²) in [6, 6.07) is 12.7. The van der Waals surface area contributed by atoms with Crippen LogP contribution in [0.1, 0.15) is 36.7 Å². The average molecular weight is 421 g/mol. The van der Waals surface area contributed by atoms with Crippen LogP contribution in [-0.2, 0) is 5.41 Å². The summed E-state index contributed by atoms with van der Waals surface area (Å²) in [5, 5.41) is 9.23. The van der Waals surface area contributed by atoms with Gasteiger partial charge in [-0.05, 0) is 29.2 Å².